The van der Waals surface area contributed by atoms with Crippen LogP contribution in [0.3, 0.4) is 0 Å². The fourth-order valence-corrected chi connectivity index (χ4v) is 5.46. The number of thioether (sulfide) groups is 1. The lowest BCUT2D eigenvalue weighted by Gasteiger charge is -2.29. The van der Waals surface area contributed by atoms with Gasteiger partial charge in [-0.1, -0.05) is 23.7 Å². The lowest BCUT2D eigenvalue weighted by atomic mass is 9.76. The molecule has 3 amide bonds. The number of carbonyl (C=O) groups excluding carboxylic acids is 3. The van der Waals surface area contributed by atoms with E-state index in [1.165, 1.54) is 12.0 Å². The van der Waals surface area contributed by atoms with Crippen molar-refractivity contribution < 1.29 is 19.1 Å². The lowest BCUT2D eigenvalue weighted by Crippen LogP contribution is -2.53. The number of amides is 3. The van der Waals surface area contributed by atoms with Crippen LogP contribution in [0.2, 0.25) is 5.02 Å². The monoisotopic (exact) mass is 423 g/mol. The van der Waals surface area contributed by atoms with Gasteiger partial charge in [0.25, 0.3) is 0 Å². The summed E-state index contributed by atoms with van der Waals surface area (Å²) in [6.45, 7) is 0.456. The highest BCUT2D eigenvalue weighted by molar-refractivity contribution is 7.98. The van der Waals surface area contributed by atoms with Crippen LogP contribution in [0.25, 0.3) is 0 Å². The molecule has 4 rings (SSSR count). The van der Waals surface area contributed by atoms with Crippen LogP contribution in [0.1, 0.15) is 12.0 Å². The van der Waals surface area contributed by atoms with E-state index in [9.17, 15) is 14.4 Å². The molecule has 2 saturated heterocycles. The molecule has 1 spiro atoms. The van der Waals surface area contributed by atoms with Gasteiger partial charge < -0.3 is 10.1 Å². The molecule has 3 aliphatic rings. The van der Waals surface area contributed by atoms with Crippen molar-refractivity contribution in [2.75, 3.05) is 37.6 Å². The number of carbonyl (C=O) groups is 3. The van der Waals surface area contributed by atoms with Gasteiger partial charge in [-0.05, 0) is 24.5 Å². The summed E-state index contributed by atoms with van der Waals surface area (Å²) in [7, 11) is 1.53. The summed E-state index contributed by atoms with van der Waals surface area (Å²) >= 11 is 7.96. The van der Waals surface area contributed by atoms with Gasteiger partial charge in [0, 0.05) is 18.7 Å². The fourth-order valence-electron chi connectivity index (χ4n) is 4.75. The van der Waals surface area contributed by atoms with E-state index in [2.05, 4.69) is 10.6 Å². The second kappa shape index (κ2) is 7.33. The Hall–Kier alpha value is -1.61. The second-order valence-corrected chi connectivity index (χ2v) is 8.67. The van der Waals surface area contributed by atoms with Gasteiger partial charge in [0.1, 0.15) is 5.54 Å². The molecule has 9 heteroatoms. The molecule has 0 aromatic heterocycles. The number of benzene rings is 1. The summed E-state index contributed by atoms with van der Waals surface area (Å²) in [4.78, 5) is 40.9. The summed E-state index contributed by atoms with van der Waals surface area (Å²) in [5.41, 5.74) is -0.120. The molecule has 0 aliphatic carbocycles. The Bertz CT molecular complexity index is 850. The van der Waals surface area contributed by atoms with Gasteiger partial charge in [-0.15, -0.1) is 0 Å². The molecule has 1 aromatic rings. The van der Waals surface area contributed by atoms with Gasteiger partial charge in [-0.25, -0.2) is 0 Å². The molecule has 3 heterocycles. The molecular formula is C19H22ClN3O4S. The SMILES string of the molecule is COCCN1C(=O)C2C(CCSC)NC3(C(=O)Nc4c(Cl)cccc43)C2C1=O. The number of hydrogen-bond donors (Lipinski definition) is 2. The largest absolute Gasteiger partial charge is 0.383 e. The summed E-state index contributed by atoms with van der Waals surface area (Å²) < 4.78 is 5.06. The highest BCUT2D eigenvalue weighted by Crippen LogP contribution is 2.54. The maximum Gasteiger partial charge on any atom is 0.250 e. The summed E-state index contributed by atoms with van der Waals surface area (Å²) in [5.74, 6) is -1.43. The molecular weight excluding hydrogens is 402 g/mol. The van der Waals surface area contributed by atoms with Gasteiger partial charge in [0.2, 0.25) is 17.7 Å². The summed E-state index contributed by atoms with van der Waals surface area (Å²) in [5, 5.41) is 6.64. The first-order valence-corrected chi connectivity index (χ1v) is 11.0. The number of methoxy groups -OCH3 is 1. The lowest BCUT2D eigenvalue weighted by molar-refractivity contribution is -0.143. The zero-order valence-electron chi connectivity index (χ0n) is 15.7. The van der Waals surface area contributed by atoms with Crippen molar-refractivity contribution in [3.8, 4) is 0 Å². The molecule has 4 unspecified atom stereocenters. The third-order valence-corrected chi connectivity index (χ3v) is 6.90. The Morgan fingerprint density at radius 2 is 2.07 bits per heavy atom. The summed E-state index contributed by atoms with van der Waals surface area (Å²) in [6, 6.07) is 5.00. The van der Waals surface area contributed by atoms with E-state index in [1.54, 1.807) is 30.0 Å². The normalized spacial score (nSPS) is 30.9. The molecule has 2 N–H and O–H groups in total. The highest BCUT2D eigenvalue weighted by Gasteiger charge is 2.70. The topological polar surface area (TPSA) is 87.7 Å². The first kappa shape index (κ1) is 19.7. The molecule has 28 heavy (non-hydrogen) atoms. The number of para-hydroxylation sites is 1. The Balaban J connectivity index is 1.82. The first-order chi connectivity index (χ1) is 13.5. The van der Waals surface area contributed by atoms with E-state index in [4.69, 9.17) is 16.3 Å². The van der Waals surface area contributed by atoms with Crippen LogP contribution in [0.5, 0.6) is 0 Å². The van der Waals surface area contributed by atoms with Gasteiger partial charge in [0.05, 0.1) is 35.7 Å². The first-order valence-electron chi connectivity index (χ1n) is 9.18. The minimum Gasteiger partial charge on any atom is -0.383 e. The standard InChI is InChI=1S/C19H22ClN3O4S/c1-27-8-7-23-16(24)13-12(6-9-28-2)22-19(14(13)17(23)25)10-4-3-5-11(20)15(10)21-18(19)26/h3-5,12-14,22H,6-9H2,1-2H3,(H,21,26). The zero-order valence-corrected chi connectivity index (χ0v) is 17.2. The van der Waals surface area contributed by atoms with Crippen molar-refractivity contribution in [3.05, 3.63) is 28.8 Å². The van der Waals surface area contributed by atoms with Crippen LogP contribution < -0.4 is 10.6 Å². The Kier molecular flexibility index (Phi) is 5.16. The number of ether oxygens (including phenoxy) is 1. The molecule has 1 aromatic carbocycles. The molecule has 3 aliphatic heterocycles. The van der Waals surface area contributed by atoms with Crippen LogP contribution >= 0.6 is 23.4 Å². The quantitative estimate of drug-likeness (QED) is 0.673. The van der Waals surface area contributed by atoms with Crippen molar-refractivity contribution >= 4 is 46.8 Å². The minimum atomic E-state index is -1.28. The second-order valence-electron chi connectivity index (χ2n) is 7.28. The van der Waals surface area contributed by atoms with Gasteiger partial charge in [0.15, 0.2) is 0 Å². The van der Waals surface area contributed by atoms with E-state index in [0.29, 0.717) is 22.7 Å². The fraction of sp³-hybridized carbons (Fsp3) is 0.526. The molecule has 7 nitrogen and oxygen atoms in total. The molecule has 150 valence electrons. The number of nitrogens with zero attached hydrogens (tertiary/aromatic N) is 1. The number of fused-ring (bicyclic) bond motifs is 4. The van der Waals surface area contributed by atoms with Crippen LogP contribution in [-0.4, -0.2) is 60.9 Å². The molecule has 0 saturated carbocycles. The number of hydrogen-bond acceptors (Lipinski definition) is 6. The predicted molar refractivity (Wildman–Crippen MR) is 107 cm³/mol. The number of rotatable bonds is 6. The van der Waals surface area contributed by atoms with E-state index >= 15 is 0 Å². The maximum atomic E-state index is 13.3. The van der Waals surface area contributed by atoms with Gasteiger partial charge in [-0.3, -0.25) is 24.6 Å². The molecule has 4 atom stereocenters. The third kappa shape index (κ3) is 2.62. The van der Waals surface area contributed by atoms with Crippen molar-refractivity contribution in [1.29, 1.82) is 0 Å². The Labute approximate surface area is 172 Å². The van der Waals surface area contributed by atoms with Crippen molar-refractivity contribution in [2.45, 2.75) is 18.0 Å². The molecule has 2 fully saturated rings. The molecule has 0 radical (unpaired) electrons. The van der Waals surface area contributed by atoms with E-state index in [-0.39, 0.29) is 36.9 Å². The van der Waals surface area contributed by atoms with E-state index in [1.807, 2.05) is 6.26 Å². The number of nitrogens with one attached hydrogen (secondary N) is 2. The average Bonchev–Trinajstić information content (AvgIpc) is 3.25. The third-order valence-electron chi connectivity index (χ3n) is 5.94. The predicted octanol–water partition coefficient (Wildman–Crippen LogP) is 1.46. The number of anilines is 1. The smallest absolute Gasteiger partial charge is 0.250 e. The number of halogens is 1. The number of likely N-dealkylation sites (tertiary alicyclic amines) is 1. The van der Waals surface area contributed by atoms with Gasteiger partial charge >= 0.3 is 0 Å². The van der Waals surface area contributed by atoms with Crippen LogP contribution in [0.4, 0.5) is 5.69 Å². The molecule has 0 bridgehead atoms. The van der Waals surface area contributed by atoms with Crippen molar-refractivity contribution in [2.24, 2.45) is 11.8 Å². The van der Waals surface area contributed by atoms with Crippen LogP contribution in [0, 0.1) is 11.8 Å². The van der Waals surface area contributed by atoms with Crippen molar-refractivity contribution in [1.82, 2.24) is 10.2 Å². The Morgan fingerprint density at radius 1 is 1.29 bits per heavy atom. The van der Waals surface area contributed by atoms with Crippen LogP contribution in [-0.2, 0) is 24.7 Å². The maximum absolute atomic E-state index is 13.3. The highest BCUT2D eigenvalue weighted by atomic mass is 35.5. The van der Waals surface area contributed by atoms with Crippen LogP contribution in [0.15, 0.2) is 18.2 Å². The van der Waals surface area contributed by atoms with Crippen molar-refractivity contribution in [3.63, 3.8) is 0 Å². The Morgan fingerprint density at radius 3 is 2.79 bits per heavy atom. The average molecular weight is 424 g/mol. The van der Waals surface area contributed by atoms with E-state index < -0.39 is 17.4 Å². The van der Waals surface area contributed by atoms with Gasteiger partial charge in [-0.2, -0.15) is 11.8 Å². The number of imide groups is 1. The minimum absolute atomic E-state index is 0.191. The zero-order chi connectivity index (χ0) is 20.1. The summed E-state index contributed by atoms with van der Waals surface area (Å²) in [6.07, 6.45) is 2.68. The van der Waals surface area contributed by atoms with E-state index in [0.717, 1.165) is 5.75 Å².